The van der Waals surface area contributed by atoms with Gasteiger partial charge in [-0.05, 0) is 26.4 Å². The average Bonchev–Trinajstić information content (AvgIpc) is 2.03. The fourth-order valence-electron chi connectivity index (χ4n) is 1.33. The van der Waals surface area contributed by atoms with E-state index in [0.717, 1.165) is 19.4 Å². The van der Waals surface area contributed by atoms with Gasteiger partial charge in [0.25, 0.3) is 0 Å². The molecule has 0 heterocycles. The molecule has 0 aliphatic rings. The first-order valence-corrected chi connectivity index (χ1v) is 4.71. The summed E-state index contributed by atoms with van der Waals surface area (Å²) in [6, 6.07) is 0. The molecule has 13 heavy (non-hydrogen) atoms. The van der Waals surface area contributed by atoms with Crippen LogP contribution in [0.25, 0.3) is 0 Å². The highest BCUT2D eigenvalue weighted by Gasteiger charge is 2.12. The van der Waals surface area contributed by atoms with E-state index in [1.807, 2.05) is 7.05 Å². The van der Waals surface area contributed by atoms with E-state index in [1.165, 1.54) is 0 Å². The molecule has 0 radical (unpaired) electrons. The maximum absolute atomic E-state index is 10.9. The molecule has 0 saturated carbocycles. The van der Waals surface area contributed by atoms with E-state index in [-0.39, 0.29) is 11.7 Å². The Morgan fingerprint density at radius 2 is 2.15 bits per heavy atom. The van der Waals surface area contributed by atoms with Gasteiger partial charge in [-0.25, -0.2) is 0 Å². The maximum atomic E-state index is 10.9. The molecule has 0 fully saturated rings. The molecule has 0 rings (SSSR count). The van der Waals surface area contributed by atoms with Gasteiger partial charge in [-0.15, -0.1) is 0 Å². The topological polar surface area (TPSA) is 37.4 Å². The van der Waals surface area contributed by atoms with Crippen molar-refractivity contribution in [1.82, 2.24) is 4.90 Å². The van der Waals surface area contributed by atoms with Gasteiger partial charge in [0.2, 0.25) is 0 Å². The van der Waals surface area contributed by atoms with Gasteiger partial charge >= 0.3 is 0 Å². The third-order valence-electron chi connectivity index (χ3n) is 2.12. The van der Waals surface area contributed by atoms with Crippen molar-refractivity contribution in [1.29, 1.82) is 0 Å². The molecule has 1 unspecified atom stereocenters. The molecule has 0 amide bonds. The number of aldehydes is 1. The molecule has 3 nitrogen and oxygen atoms in total. The van der Waals surface area contributed by atoms with Gasteiger partial charge in [-0.2, -0.15) is 0 Å². The lowest BCUT2D eigenvalue weighted by molar-refractivity contribution is -0.118. The molecule has 1 atom stereocenters. The van der Waals surface area contributed by atoms with E-state index in [0.29, 0.717) is 12.8 Å². The number of carbonyl (C=O) groups excluding carboxylic acids is 2. The Balaban J connectivity index is 3.92. The summed E-state index contributed by atoms with van der Waals surface area (Å²) in [6.07, 6.45) is 1.91. The first-order chi connectivity index (χ1) is 6.10. The van der Waals surface area contributed by atoms with Crippen LogP contribution >= 0.6 is 0 Å². The van der Waals surface area contributed by atoms with Gasteiger partial charge in [-0.3, -0.25) is 0 Å². The molecule has 0 aromatic heterocycles. The molecule has 76 valence electrons. The van der Waals surface area contributed by atoms with E-state index >= 15 is 0 Å². The quantitative estimate of drug-likeness (QED) is 0.558. The van der Waals surface area contributed by atoms with Crippen molar-refractivity contribution in [2.75, 3.05) is 20.1 Å². The second-order valence-electron chi connectivity index (χ2n) is 3.53. The van der Waals surface area contributed by atoms with E-state index in [1.54, 1.807) is 6.92 Å². The van der Waals surface area contributed by atoms with Crippen LogP contribution in [0.5, 0.6) is 0 Å². The number of ketones is 1. The normalized spacial score (nSPS) is 12.9. The molecule has 0 aliphatic heterocycles. The maximum Gasteiger partial charge on any atom is 0.130 e. The Labute approximate surface area is 80.1 Å². The Morgan fingerprint density at radius 1 is 1.54 bits per heavy atom. The molecular formula is C10H19NO2. The van der Waals surface area contributed by atoms with Crippen LogP contribution in [0, 0.1) is 5.92 Å². The summed E-state index contributed by atoms with van der Waals surface area (Å²) in [5.74, 6) is 0.358. The molecular weight excluding hydrogens is 166 g/mol. The van der Waals surface area contributed by atoms with Crippen LogP contribution in [0.15, 0.2) is 0 Å². The van der Waals surface area contributed by atoms with Crippen molar-refractivity contribution < 1.29 is 9.59 Å². The van der Waals surface area contributed by atoms with Gasteiger partial charge in [0.15, 0.2) is 0 Å². The monoisotopic (exact) mass is 185 g/mol. The Kier molecular flexibility index (Phi) is 6.41. The summed E-state index contributed by atoms with van der Waals surface area (Å²) >= 11 is 0. The molecule has 0 bridgehead atoms. The molecule has 0 spiro atoms. The van der Waals surface area contributed by atoms with Gasteiger partial charge in [0.1, 0.15) is 12.1 Å². The van der Waals surface area contributed by atoms with Crippen molar-refractivity contribution in [3.63, 3.8) is 0 Å². The average molecular weight is 185 g/mol. The fraction of sp³-hybridized carbons (Fsp3) is 0.800. The lowest BCUT2D eigenvalue weighted by atomic mass is 9.99. The molecule has 0 saturated heterocycles. The van der Waals surface area contributed by atoms with Crippen LogP contribution in [0.2, 0.25) is 0 Å². The second-order valence-corrected chi connectivity index (χ2v) is 3.53. The van der Waals surface area contributed by atoms with E-state index in [9.17, 15) is 9.59 Å². The SMILES string of the molecule is CCN(C)CC(CC=O)CC(C)=O. The number of rotatable bonds is 7. The van der Waals surface area contributed by atoms with Crippen LogP contribution < -0.4 is 0 Å². The van der Waals surface area contributed by atoms with Crippen LogP contribution in [-0.2, 0) is 9.59 Å². The fourth-order valence-corrected chi connectivity index (χ4v) is 1.33. The van der Waals surface area contributed by atoms with Gasteiger partial charge in [0.05, 0.1) is 0 Å². The first-order valence-electron chi connectivity index (χ1n) is 4.71. The van der Waals surface area contributed by atoms with E-state index in [2.05, 4.69) is 11.8 Å². The summed E-state index contributed by atoms with van der Waals surface area (Å²) in [7, 11) is 2.00. The third kappa shape index (κ3) is 6.46. The molecule has 3 heteroatoms. The Morgan fingerprint density at radius 3 is 2.54 bits per heavy atom. The standard InChI is InChI=1S/C10H19NO2/c1-4-11(3)8-10(5-6-12)7-9(2)13/h6,10H,4-5,7-8H2,1-3H3. The number of nitrogens with zero attached hydrogens (tertiary/aromatic N) is 1. The van der Waals surface area contributed by atoms with E-state index < -0.39 is 0 Å². The number of hydrogen-bond donors (Lipinski definition) is 0. The zero-order valence-corrected chi connectivity index (χ0v) is 8.75. The largest absolute Gasteiger partial charge is 0.306 e. The van der Waals surface area contributed by atoms with E-state index in [4.69, 9.17) is 0 Å². The minimum absolute atomic E-state index is 0.163. The van der Waals surface area contributed by atoms with Crippen molar-refractivity contribution in [2.24, 2.45) is 5.92 Å². The number of Topliss-reactive ketones (excluding diaryl/α,β-unsaturated/α-hetero) is 1. The summed E-state index contributed by atoms with van der Waals surface area (Å²) in [5.41, 5.74) is 0. The van der Waals surface area contributed by atoms with Crippen molar-refractivity contribution in [3.8, 4) is 0 Å². The Hall–Kier alpha value is -0.700. The zero-order valence-electron chi connectivity index (χ0n) is 8.75. The highest BCUT2D eigenvalue weighted by molar-refractivity contribution is 5.76. The summed E-state index contributed by atoms with van der Waals surface area (Å²) < 4.78 is 0. The van der Waals surface area contributed by atoms with Crippen LogP contribution in [0.4, 0.5) is 0 Å². The van der Waals surface area contributed by atoms with Gasteiger partial charge in [0, 0.05) is 19.4 Å². The molecule has 0 aromatic rings. The van der Waals surface area contributed by atoms with Crippen LogP contribution in [-0.4, -0.2) is 37.1 Å². The summed E-state index contributed by atoms with van der Waals surface area (Å²) in [5, 5.41) is 0. The Bertz CT molecular complexity index is 168. The van der Waals surface area contributed by atoms with Crippen molar-refractivity contribution in [3.05, 3.63) is 0 Å². The lowest BCUT2D eigenvalue weighted by Gasteiger charge is -2.20. The highest BCUT2D eigenvalue weighted by atomic mass is 16.1. The predicted molar refractivity (Wildman–Crippen MR) is 52.6 cm³/mol. The third-order valence-corrected chi connectivity index (χ3v) is 2.12. The summed E-state index contributed by atoms with van der Waals surface area (Å²) in [4.78, 5) is 23.3. The van der Waals surface area contributed by atoms with Crippen LogP contribution in [0.3, 0.4) is 0 Å². The molecule has 0 N–H and O–H groups in total. The predicted octanol–water partition coefficient (Wildman–Crippen LogP) is 1.12. The minimum Gasteiger partial charge on any atom is -0.306 e. The van der Waals surface area contributed by atoms with Gasteiger partial charge in [-0.1, -0.05) is 6.92 Å². The number of carbonyl (C=O) groups is 2. The minimum atomic E-state index is 0.163. The lowest BCUT2D eigenvalue weighted by Crippen LogP contribution is -2.26. The molecule has 0 aromatic carbocycles. The van der Waals surface area contributed by atoms with Gasteiger partial charge < -0.3 is 14.5 Å². The zero-order chi connectivity index (χ0) is 10.3. The van der Waals surface area contributed by atoms with Crippen molar-refractivity contribution in [2.45, 2.75) is 26.7 Å². The van der Waals surface area contributed by atoms with Crippen LogP contribution in [0.1, 0.15) is 26.7 Å². The number of hydrogen-bond acceptors (Lipinski definition) is 3. The smallest absolute Gasteiger partial charge is 0.130 e. The highest BCUT2D eigenvalue weighted by Crippen LogP contribution is 2.09. The molecule has 0 aliphatic carbocycles. The summed E-state index contributed by atoms with van der Waals surface area (Å²) in [6.45, 7) is 5.41. The first kappa shape index (κ1) is 12.3. The second kappa shape index (κ2) is 6.78. The van der Waals surface area contributed by atoms with Crippen molar-refractivity contribution >= 4 is 12.1 Å².